The minimum atomic E-state index is 0.445. The standard InChI is InChI=1S/C8H13BrN2O/c1-5(2)7-6(9)8(12-4)10-11(7)3/h5H,1-4H3. The van der Waals surface area contributed by atoms with Crippen LogP contribution in [-0.2, 0) is 7.05 Å². The normalized spacial score (nSPS) is 10.8. The average Bonchev–Trinajstić information content (AvgIpc) is 2.25. The number of aryl methyl sites for hydroxylation is 1. The lowest BCUT2D eigenvalue weighted by Gasteiger charge is -2.04. The van der Waals surface area contributed by atoms with Crippen LogP contribution in [0.15, 0.2) is 4.47 Å². The molecule has 0 amide bonds. The number of hydrogen-bond acceptors (Lipinski definition) is 2. The lowest BCUT2D eigenvalue weighted by Crippen LogP contribution is -1.99. The Hall–Kier alpha value is -0.510. The fourth-order valence-corrected chi connectivity index (χ4v) is 2.20. The van der Waals surface area contributed by atoms with Crippen LogP contribution in [0.3, 0.4) is 0 Å². The number of rotatable bonds is 2. The molecule has 68 valence electrons. The Morgan fingerprint density at radius 3 is 2.33 bits per heavy atom. The van der Waals surface area contributed by atoms with E-state index < -0.39 is 0 Å². The monoisotopic (exact) mass is 232 g/mol. The molecule has 1 aromatic heterocycles. The Bertz CT molecular complexity index is 281. The summed E-state index contributed by atoms with van der Waals surface area (Å²) in [7, 11) is 3.54. The van der Waals surface area contributed by atoms with Crippen molar-refractivity contribution in [2.45, 2.75) is 19.8 Å². The summed E-state index contributed by atoms with van der Waals surface area (Å²) in [4.78, 5) is 0. The van der Waals surface area contributed by atoms with E-state index in [4.69, 9.17) is 4.74 Å². The van der Waals surface area contributed by atoms with Gasteiger partial charge in [-0.15, -0.1) is 5.10 Å². The molecule has 0 saturated heterocycles. The molecule has 0 bridgehead atoms. The van der Waals surface area contributed by atoms with Crippen LogP contribution >= 0.6 is 15.9 Å². The van der Waals surface area contributed by atoms with Crippen LogP contribution in [0, 0.1) is 0 Å². The van der Waals surface area contributed by atoms with Crippen LogP contribution in [0.25, 0.3) is 0 Å². The molecule has 12 heavy (non-hydrogen) atoms. The van der Waals surface area contributed by atoms with Crippen LogP contribution in [0.5, 0.6) is 5.88 Å². The molecule has 0 aromatic carbocycles. The van der Waals surface area contributed by atoms with Gasteiger partial charge in [0, 0.05) is 7.05 Å². The number of aromatic nitrogens is 2. The van der Waals surface area contributed by atoms with Gasteiger partial charge in [-0.1, -0.05) is 13.8 Å². The fraction of sp³-hybridized carbons (Fsp3) is 0.625. The van der Waals surface area contributed by atoms with E-state index in [0.29, 0.717) is 11.8 Å². The maximum Gasteiger partial charge on any atom is 0.247 e. The number of methoxy groups -OCH3 is 1. The van der Waals surface area contributed by atoms with Crippen molar-refractivity contribution in [3.05, 3.63) is 10.2 Å². The molecule has 3 nitrogen and oxygen atoms in total. The van der Waals surface area contributed by atoms with E-state index in [1.165, 1.54) is 0 Å². The van der Waals surface area contributed by atoms with Gasteiger partial charge in [-0.05, 0) is 21.8 Å². The first-order chi connectivity index (χ1) is 5.57. The second kappa shape index (κ2) is 3.47. The highest BCUT2D eigenvalue weighted by molar-refractivity contribution is 9.10. The first kappa shape index (κ1) is 9.58. The highest BCUT2D eigenvalue weighted by Crippen LogP contribution is 2.31. The van der Waals surface area contributed by atoms with Crippen molar-refractivity contribution < 1.29 is 4.74 Å². The van der Waals surface area contributed by atoms with Crippen LogP contribution in [0.4, 0.5) is 0 Å². The summed E-state index contributed by atoms with van der Waals surface area (Å²) in [6, 6.07) is 0. The SMILES string of the molecule is COc1nn(C)c(C(C)C)c1Br. The summed E-state index contributed by atoms with van der Waals surface area (Å²) < 4.78 is 7.88. The van der Waals surface area contributed by atoms with E-state index >= 15 is 0 Å². The second-order valence-corrected chi connectivity index (χ2v) is 3.78. The average molecular weight is 233 g/mol. The molecule has 0 unspecified atom stereocenters. The largest absolute Gasteiger partial charge is 0.479 e. The van der Waals surface area contributed by atoms with Crippen LogP contribution in [0.1, 0.15) is 25.5 Å². The van der Waals surface area contributed by atoms with Crippen molar-refractivity contribution >= 4 is 15.9 Å². The predicted molar refractivity (Wildman–Crippen MR) is 51.5 cm³/mol. The zero-order valence-electron chi connectivity index (χ0n) is 7.76. The first-order valence-corrected chi connectivity index (χ1v) is 4.63. The van der Waals surface area contributed by atoms with Gasteiger partial charge < -0.3 is 4.74 Å². The Labute approximate surface area is 80.8 Å². The third kappa shape index (κ3) is 1.48. The lowest BCUT2D eigenvalue weighted by atomic mass is 10.1. The van der Waals surface area contributed by atoms with E-state index in [2.05, 4.69) is 34.9 Å². The minimum Gasteiger partial charge on any atom is -0.479 e. The zero-order valence-corrected chi connectivity index (χ0v) is 9.34. The van der Waals surface area contributed by atoms with E-state index in [9.17, 15) is 0 Å². The summed E-state index contributed by atoms with van der Waals surface area (Å²) >= 11 is 3.45. The van der Waals surface area contributed by atoms with Crippen molar-refractivity contribution in [2.75, 3.05) is 7.11 Å². The Morgan fingerprint density at radius 2 is 2.08 bits per heavy atom. The third-order valence-corrected chi connectivity index (χ3v) is 2.49. The maximum absolute atomic E-state index is 5.08. The van der Waals surface area contributed by atoms with Crippen molar-refractivity contribution in [2.24, 2.45) is 7.05 Å². The number of nitrogens with zero attached hydrogens (tertiary/aromatic N) is 2. The molecule has 1 heterocycles. The summed E-state index contributed by atoms with van der Waals surface area (Å²) in [6.07, 6.45) is 0. The summed E-state index contributed by atoms with van der Waals surface area (Å²) in [5.74, 6) is 1.10. The molecule has 0 N–H and O–H groups in total. The Kier molecular flexibility index (Phi) is 2.77. The molecule has 1 rings (SSSR count). The Morgan fingerprint density at radius 1 is 1.50 bits per heavy atom. The van der Waals surface area contributed by atoms with E-state index in [-0.39, 0.29) is 0 Å². The number of hydrogen-bond donors (Lipinski definition) is 0. The zero-order chi connectivity index (χ0) is 9.30. The highest BCUT2D eigenvalue weighted by Gasteiger charge is 2.16. The quantitative estimate of drug-likeness (QED) is 0.783. The highest BCUT2D eigenvalue weighted by atomic mass is 79.9. The molecule has 0 atom stereocenters. The van der Waals surface area contributed by atoms with Gasteiger partial charge in [-0.25, -0.2) is 0 Å². The van der Waals surface area contributed by atoms with Gasteiger partial charge in [0.05, 0.1) is 12.8 Å². The predicted octanol–water partition coefficient (Wildman–Crippen LogP) is 2.31. The molecule has 0 radical (unpaired) electrons. The molecule has 4 heteroatoms. The topological polar surface area (TPSA) is 27.1 Å². The third-order valence-electron chi connectivity index (χ3n) is 1.74. The maximum atomic E-state index is 5.08. The molecule has 0 aliphatic carbocycles. The summed E-state index contributed by atoms with van der Waals surface area (Å²) in [5.41, 5.74) is 1.16. The van der Waals surface area contributed by atoms with Gasteiger partial charge in [0.25, 0.3) is 0 Å². The van der Waals surface area contributed by atoms with Crippen molar-refractivity contribution in [3.63, 3.8) is 0 Å². The van der Waals surface area contributed by atoms with Crippen molar-refractivity contribution in [3.8, 4) is 5.88 Å². The van der Waals surface area contributed by atoms with Gasteiger partial charge in [0.15, 0.2) is 0 Å². The van der Waals surface area contributed by atoms with Gasteiger partial charge in [-0.2, -0.15) is 0 Å². The van der Waals surface area contributed by atoms with Crippen LogP contribution < -0.4 is 4.74 Å². The first-order valence-electron chi connectivity index (χ1n) is 3.84. The summed E-state index contributed by atoms with van der Waals surface area (Å²) in [5, 5.41) is 4.20. The van der Waals surface area contributed by atoms with E-state index in [1.807, 2.05) is 11.7 Å². The lowest BCUT2D eigenvalue weighted by molar-refractivity contribution is 0.389. The smallest absolute Gasteiger partial charge is 0.247 e. The van der Waals surface area contributed by atoms with Gasteiger partial charge >= 0.3 is 0 Å². The second-order valence-electron chi connectivity index (χ2n) is 2.99. The van der Waals surface area contributed by atoms with Gasteiger partial charge in [0.1, 0.15) is 4.47 Å². The fourth-order valence-electron chi connectivity index (χ4n) is 1.24. The molecule has 1 aromatic rings. The Balaban J connectivity index is 3.19. The molecular formula is C8H13BrN2O. The number of halogens is 1. The molecular weight excluding hydrogens is 220 g/mol. The van der Waals surface area contributed by atoms with Crippen LogP contribution in [0.2, 0.25) is 0 Å². The van der Waals surface area contributed by atoms with Gasteiger partial charge in [0.2, 0.25) is 5.88 Å². The minimum absolute atomic E-state index is 0.445. The molecule has 0 aliphatic heterocycles. The van der Waals surface area contributed by atoms with Crippen molar-refractivity contribution in [1.29, 1.82) is 0 Å². The van der Waals surface area contributed by atoms with E-state index in [1.54, 1.807) is 7.11 Å². The van der Waals surface area contributed by atoms with Gasteiger partial charge in [-0.3, -0.25) is 4.68 Å². The number of ether oxygens (including phenoxy) is 1. The molecule has 0 spiro atoms. The molecule has 0 saturated carbocycles. The molecule has 0 fully saturated rings. The van der Waals surface area contributed by atoms with Crippen molar-refractivity contribution in [1.82, 2.24) is 9.78 Å². The summed E-state index contributed by atoms with van der Waals surface area (Å²) in [6.45, 7) is 4.25. The van der Waals surface area contributed by atoms with Crippen LogP contribution in [-0.4, -0.2) is 16.9 Å². The van der Waals surface area contributed by atoms with E-state index in [0.717, 1.165) is 10.2 Å². The molecule has 0 aliphatic rings.